The number of aliphatic hydroxyl groups excluding tert-OH is 2. The highest BCUT2D eigenvalue weighted by atomic mass is 19.3. The number of ether oxygens (including phenoxy) is 1. The molecule has 0 saturated carbocycles. The first-order chi connectivity index (χ1) is 9.80. The van der Waals surface area contributed by atoms with Gasteiger partial charge >= 0.3 is 6.11 Å². The van der Waals surface area contributed by atoms with E-state index in [9.17, 15) is 19.0 Å². The van der Waals surface area contributed by atoms with Gasteiger partial charge in [0.1, 0.15) is 24.1 Å². The maximum Gasteiger partial charge on any atom is 0.382 e. The molecule has 1 fully saturated rings. The molecule has 1 aliphatic heterocycles. The molecule has 11 heteroatoms. The number of halogens is 2. The highest BCUT2D eigenvalue weighted by Crippen LogP contribution is 2.37. The fourth-order valence-electron chi connectivity index (χ4n) is 2.23. The summed E-state index contributed by atoms with van der Waals surface area (Å²) in [4.78, 5) is 11.5. The molecule has 9 nitrogen and oxygen atoms in total. The Morgan fingerprint density at radius 3 is 2.57 bits per heavy atom. The van der Waals surface area contributed by atoms with E-state index in [1.165, 1.54) is 0 Å². The van der Waals surface area contributed by atoms with Gasteiger partial charge in [-0.15, -0.1) is 0 Å². The topological polar surface area (TPSA) is 140 Å². The number of aliphatic hydroxyl groups is 3. The Morgan fingerprint density at radius 1 is 1.24 bits per heavy atom. The van der Waals surface area contributed by atoms with Crippen molar-refractivity contribution >= 4 is 17.0 Å². The van der Waals surface area contributed by atoms with E-state index in [0.29, 0.717) is 0 Å². The third-order valence-corrected chi connectivity index (χ3v) is 3.24. The molecule has 3 heterocycles. The van der Waals surface area contributed by atoms with Crippen LogP contribution in [-0.2, 0) is 4.74 Å². The summed E-state index contributed by atoms with van der Waals surface area (Å²) in [6.45, 7) is 0. The smallest absolute Gasteiger partial charge is 0.382 e. The number of imidazole rings is 1. The van der Waals surface area contributed by atoms with Crippen LogP contribution in [-0.4, -0.2) is 59.3 Å². The lowest BCUT2D eigenvalue weighted by Crippen LogP contribution is -2.43. The van der Waals surface area contributed by atoms with Gasteiger partial charge < -0.3 is 25.8 Å². The van der Waals surface area contributed by atoms with E-state index < -0.39 is 30.6 Å². The number of rotatable bonds is 2. The van der Waals surface area contributed by atoms with Crippen LogP contribution in [0.3, 0.4) is 0 Å². The van der Waals surface area contributed by atoms with Crippen molar-refractivity contribution in [2.75, 3.05) is 5.73 Å². The van der Waals surface area contributed by atoms with E-state index in [4.69, 9.17) is 15.6 Å². The van der Waals surface area contributed by atoms with Crippen molar-refractivity contribution < 1.29 is 28.8 Å². The Morgan fingerprint density at radius 2 is 1.95 bits per heavy atom. The Kier molecular flexibility index (Phi) is 3.02. The van der Waals surface area contributed by atoms with Crippen LogP contribution in [0.5, 0.6) is 0 Å². The predicted octanol–water partition coefficient (Wildman–Crippen LogP) is -1.39. The van der Waals surface area contributed by atoms with Crippen molar-refractivity contribution in [1.29, 1.82) is 0 Å². The highest BCUT2D eigenvalue weighted by Gasteiger charge is 2.55. The third kappa shape index (κ3) is 2.10. The molecule has 5 N–H and O–H groups in total. The number of hydrogen-bond acceptors (Lipinski definition) is 8. The van der Waals surface area contributed by atoms with Gasteiger partial charge in [-0.3, -0.25) is 4.57 Å². The summed E-state index contributed by atoms with van der Waals surface area (Å²) < 4.78 is 31.9. The second-order valence-electron chi connectivity index (χ2n) is 4.60. The lowest BCUT2D eigenvalue weighted by Gasteiger charge is -2.19. The van der Waals surface area contributed by atoms with Crippen molar-refractivity contribution in [3.05, 3.63) is 12.7 Å². The molecule has 2 aromatic heterocycles. The molecule has 4 atom stereocenters. The van der Waals surface area contributed by atoms with Gasteiger partial charge in [-0.25, -0.2) is 15.0 Å². The molecule has 0 bridgehead atoms. The van der Waals surface area contributed by atoms with Crippen LogP contribution < -0.4 is 5.73 Å². The molecule has 0 aromatic carbocycles. The standard InChI is InChI=1S/C10H11F2N5O4/c11-10(12,20)6-4(18)5(19)9(21-6)17-2-16-3-7(13)14-1-15-8(3)17/h1-2,4-6,9,18-20H,(H2,13,14,15)/t4-,5+,6-,9+/m0/s1. The van der Waals surface area contributed by atoms with Gasteiger partial charge in [0.05, 0.1) is 6.33 Å². The van der Waals surface area contributed by atoms with Gasteiger partial charge in [0, 0.05) is 0 Å². The predicted molar refractivity (Wildman–Crippen MR) is 62.8 cm³/mol. The average molecular weight is 303 g/mol. The van der Waals surface area contributed by atoms with E-state index in [-0.39, 0.29) is 17.0 Å². The monoisotopic (exact) mass is 303 g/mol. The largest absolute Gasteiger partial charge is 0.387 e. The van der Waals surface area contributed by atoms with E-state index >= 15 is 0 Å². The molecule has 3 rings (SSSR count). The number of alkyl halides is 2. The van der Waals surface area contributed by atoms with Crippen LogP contribution in [0.15, 0.2) is 12.7 Å². The number of nitrogen functional groups attached to an aromatic ring is 1. The van der Waals surface area contributed by atoms with Crippen LogP contribution in [0.25, 0.3) is 11.2 Å². The van der Waals surface area contributed by atoms with E-state index in [2.05, 4.69) is 15.0 Å². The Bertz CT molecular complexity index is 675. The maximum atomic E-state index is 12.9. The second-order valence-corrected chi connectivity index (χ2v) is 4.60. The van der Waals surface area contributed by atoms with E-state index in [1.54, 1.807) is 0 Å². The third-order valence-electron chi connectivity index (χ3n) is 3.24. The zero-order chi connectivity index (χ0) is 15.4. The number of nitrogens with zero attached hydrogens (tertiary/aromatic N) is 4. The molecule has 21 heavy (non-hydrogen) atoms. The van der Waals surface area contributed by atoms with Crippen LogP contribution in [0, 0.1) is 0 Å². The molecule has 0 unspecified atom stereocenters. The summed E-state index contributed by atoms with van der Waals surface area (Å²) in [6, 6.07) is 0. The minimum Gasteiger partial charge on any atom is -0.387 e. The quantitative estimate of drug-likeness (QED) is 0.532. The summed E-state index contributed by atoms with van der Waals surface area (Å²) in [5, 5.41) is 28.1. The second kappa shape index (κ2) is 4.53. The van der Waals surface area contributed by atoms with Gasteiger partial charge in [-0.05, 0) is 0 Å². The van der Waals surface area contributed by atoms with Gasteiger partial charge in [0.15, 0.2) is 23.8 Å². The lowest BCUT2D eigenvalue weighted by atomic mass is 10.1. The van der Waals surface area contributed by atoms with Gasteiger partial charge in [-0.1, -0.05) is 0 Å². The molecule has 0 aliphatic carbocycles. The lowest BCUT2D eigenvalue weighted by molar-refractivity contribution is -0.281. The first-order valence-electron chi connectivity index (χ1n) is 5.85. The first-order valence-corrected chi connectivity index (χ1v) is 5.85. The zero-order valence-corrected chi connectivity index (χ0v) is 10.3. The SMILES string of the molecule is Nc1ncnc2c1ncn2[C@@H]1O[C@H](C(O)(F)F)[C@@H](O)[C@H]1O. The summed E-state index contributed by atoms with van der Waals surface area (Å²) in [5.41, 5.74) is 5.92. The fourth-order valence-corrected chi connectivity index (χ4v) is 2.23. The Hall–Kier alpha value is -1.95. The minimum atomic E-state index is -4.31. The molecule has 1 aliphatic rings. The summed E-state index contributed by atoms with van der Waals surface area (Å²) >= 11 is 0. The number of aromatic nitrogens is 4. The molecular formula is C10H11F2N5O4. The maximum absolute atomic E-state index is 12.9. The minimum absolute atomic E-state index is 0.0656. The zero-order valence-electron chi connectivity index (χ0n) is 10.3. The number of anilines is 1. The molecule has 2 aromatic rings. The number of hydrogen-bond donors (Lipinski definition) is 4. The summed E-state index contributed by atoms with van der Waals surface area (Å²) in [5.74, 6) is 0.0656. The van der Waals surface area contributed by atoms with Crippen LogP contribution in [0.1, 0.15) is 6.23 Å². The summed E-state index contributed by atoms with van der Waals surface area (Å²) in [7, 11) is 0. The number of nitrogens with two attached hydrogens (primary N) is 1. The van der Waals surface area contributed by atoms with Crippen molar-refractivity contribution in [1.82, 2.24) is 19.5 Å². The van der Waals surface area contributed by atoms with Crippen molar-refractivity contribution in [3.63, 3.8) is 0 Å². The Labute approximate surface area is 115 Å². The van der Waals surface area contributed by atoms with Gasteiger partial charge in [0.25, 0.3) is 0 Å². The average Bonchev–Trinajstić information content (AvgIpc) is 2.93. The molecule has 0 amide bonds. The van der Waals surface area contributed by atoms with Crippen LogP contribution in [0.2, 0.25) is 0 Å². The van der Waals surface area contributed by atoms with Gasteiger partial charge in [-0.2, -0.15) is 8.78 Å². The fraction of sp³-hybridized carbons (Fsp3) is 0.500. The molecular weight excluding hydrogens is 292 g/mol. The van der Waals surface area contributed by atoms with E-state index in [0.717, 1.165) is 17.2 Å². The highest BCUT2D eigenvalue weighted by molar-refractivity contribution is 5.81. The van der Waals surface area contributed by atoms with Crippen molar-refractivity contribution in [3.8, 4) is 0 Å². The summed E-state index contributed by atoms with van der Waals surface area (Å²) in [6.07, 6.45) is -9.37. The van der Waals surface area contributed by atoms with Crippen molar-refractivity contribution in [2.24, 2.45) is 0 Å². The number of fused-ring (bicyclic) bond motifs is 1. The molecule has 114 valence electrons. The Balaban J connectivity index is 2.02. The van der Waals surface area contributed by atoms with Crippen LogP contribution in [0.4, 0.5) is 14.6 Å². The van der Waals surface area contributed by atoms with Gasteiger partial charge in [0.2, 0.25) is 0 Å². The molecule has 1 saturated heterocycles. The molecule has 0 radical (unpaired) electrons. The first kappa shape index (κ1) is 14.0. The van der Waals surface area contributed by atoms with Crippen molar-refractivity contribution in [2.45, 2.75) is 30.6 Å². The van der Waals surface area contributed by atoms with E-state index in [1.807, 2.05) is 0 Å². The normalized spacial score (nSPS) is 30.1. The van der Waals surface area contributed by atoms with Crippen LogP contribution >= 0.6 is 0 Å². The molecule has 0 spiro atoms.